The molecule has 5 heteroatoms. The molecule has 19 heavy (non-hydrogen) atoms. The van der Waals surface area contributed by atoms with E-state index >= 15 is 0 Å². The first-order valence-electron chi connectivity index (χ1n) is 7.36. The summed E-state index contributed by atoms with van der Waals surface area (Å²) in [5.41, 5.74) is 5.72. The molecule has 5 nitrogen and oxygen atoms in total. The molecule has 0 radical (unpaired) electrons. The number of hydrogen-bond acceptors (Lipinski definition) is 5. The Hall–Kier alpha value is -1.36. The fraction of sp³-hybridized carbons (Fsp3) is 0.714. The second-order valence-corrected chi connectivity index (χ2v) is 5.74. The van der Waals surface area contributed by atoms with Crippen molar-refractivity contribution in [3.8, 4) is 0 Å². The highest BCUT2D eigenvalue weighted by atomic mass is 15.2. The van der Waals surface area contributed by atoms with Gasteiger partial charge >= 0.3 is 0 Å². The van der Waals surface area contributed by atoms with Gasteiger partial charge in [-0.15, -0.1) is 0 Å². The van der Waals surface area contributed by atoms with Gasteiger partial charge in [0.15, 0.2) is 0 Å². The van der Waals surface area contributed by atoms with Crippen LogP contribution < -0.4 is 10.6 Å². The molecule has 3 heterocycles. The van der Waals surface area contributed by atoms with Crippen LogP contribution in [0.3, 0.4) is 0 Å². The molecule has 2 aliphatic heterocycles. The summed E-state index contributed by atoms with van der Waals surface area (Å²) >= 11 is 0. The second kappa shape index (κ2) is 5.74. The summed E-state index contributed by atoms with van der Waals surface area (Å²) in [6.45, 7) is 6.09. The third kappa shape index (κ3) is 3.15. The van der Waals surface area contributed by atoms with Crippen molar-refractivity contribution < 1.29 is 0 Å². The Kier molecular flexibility index (Phi) is 3.82. The average Bonchev–Trinajstić information content (AvgIpc) is 2.92. The number of hydrogen-bond donors (Lipinski definition) is 1. The number of nitrogen functional groups attached to an aromatic ring is 1. The second-order valence-electron chi connectivity index (χ2n) is 5.74. The van der Waals surface area contributed by atoms with Gasteiger partial charge in [0.2, 0.25) is 0 Å². The Balaban J connectivity index is 1.51. The molecule has 1 aromatic heterocycles. The number of aromatic nitrogens is 2. The number of likely N-dealkylation sites (tertiary alicyclic amines) is 1. The van der Waals surface area contributed by atoms with Gasteiger partial charge in [0.05, 0.1) is 0 Å². The Bertz CT molecular complexity index is 408. The summed E-state index contributed by atoms with van der Waals surface area (Å²) in [5.74, 6) is 2.39. The molecular weight excluding hydrogens is 238 g/mol. The quantitative estimate of drug-likeness (QED) is 0.890. The molecule has 2 N–H and O–H groups in total. The molecular formula is C14H23N5. The first-order chi connectivity index (χ1) is 9.31. The zero-order valence-electron chi connectivity index (χ0n) is 11.5. The van der Waals surface area contributed by atoms with Crippen LogP contribution in [0.4, 0.5) is 11.6 Å². The predicted molar refractivity (Wildman–Crippen MR) is 77.1 cm³/mol. The Morgan fingerprint density at radius 2 is 1.84 bits per heavy atom. The fourth-order valence-corrected chi connectivity index (χ4v) is 3.21. The third-order valence-corrected chi connectivity index (χ3v) is 4.33. The zero-order chi connectivity index (χ0) is 13.1. The van der Waals surface area contributed by atoms with Gasteiger partial charge in [0, 0.05) is 25.7 Å². The van der Waals surface area contributed by atoms with Gasteiger partial charge in [-0.25, -0.2) is 9.97 Å². The molecule has 0 atom stereocenters. The summed E-state index contributed by atoms with van der Waals surface area (Å²) in [4.78, 5) is 13.2. The number of nitrogens with zero attached hydrogens (tertiary/aromatic N) is 4. The maximum absolute atomic E-state index is 5.72. The van der Waals surface area contributed by atoms with Gasteiger partial charge in [0.1, 0.15) is 18.0 Å². The molecule has 0 saturated carbocycles. The molecule has 3 rings (SSSR count). The number of piperidine rings is 1. The van der Waals surface area contributed by atoms with Crippen molar-refractivity contribution in [2.75, 3.05) is 43.4 Å². The lowest BCUT2D eigenvalue weighted by atomic mass is 9.96. The monoisotopic (exact) mass is 261 g/mol. The summed E-state index contributed by atoms with van der Waals surface area (Å²) in [7, 11) is 0. The first-order valence-corrected chi connectivity index (χ1v) is 7.36. The SMILES string of the molecule is Nc1cc(N2CCC(CN3CCCC3)CC2)ncn1. The lowest BCUT2D eigenvalue weighted by molar-refractivity contribution is 0.249. The maximum atomic E-state index is 5.72. The minimum absolute atomic E-state index is 0.559. The van der Waals surface area contributed by atoms with E-state index in [1.807, 2.05) is 6.07 Å². The molecule has 2 saturated heterocycles. The van der Waals surface area contributed by atoms with Crippen LogP contribution in [0, 0.1) is 5.92 Å². The standard InChI is InChI=1S/C14H23N5/c15-13-9-14(17-11-16-13)19-7-3-12(4-8-19)10-18-5-1-2-6-18/h9,11-12H,1-8,10H2,(H2,15,16,17). The smallest absolute Gasteiger partial charge is 0.134 e. The van der Waals surface area contributed by atoms with Crippen LogP contribution in [0.5, 0.6) is 0 Å². The molecule has 1 aromatic rings. The largest absolute Gasteiger partial charge is 0.384 e. The van der Waals surface area contributed by atoms with Crippen LogP contribution in [0.1, 0.15) is 25.7 Å². The molecule has 2 aliphatic rings. The number of rotatable bonds is 3. The van der Waals surface area contributed by atoms with E-state index in [0.717, 1.165) is 24.8 Å². The van der Waals surface area contributed by atoms with E-state index < -0.39 is 0 Å². The normalized spacial score (nSPS) is 22.0. The van der Waals surface area contributed by atoms with Crippen molar-refractivity contribution in [1.29, 1.82) is 0 Å². The van der Waals surface area contributed by atoms with Crippen LogP contribution in [0.2, 0.25) is 0 Å². The molecule has 0 bridgehead atoms. The van der Waals surface area contributed by atoms with E-state index in [2.05, 4.69) is 19.8 Å². The molecule has 0 aromatic carbocycles. The Labute approximate surface area is 114 Å². The summed E-state index contributed by atoms with van der Waals surface area (Å²) in [6, 6.07) is 1.88. The lowest BCUT2D eigenvalue weighted by Crippen LogP contribution is -2.38. The van der Waals surface area contributed by atoms with Gasteiger partial charge in [-0.3, -0.25) is 0 Å². The highest BCUT2D eigenvalue weighted by molar-refractivity contribution is 5.46. The van der Waals surface area contributed by atoms with Gasteiger partial charge in [-0.1, -0.05) is 0 Å². The average molecular weight is 261 g/mol. The van der Waals surface area contributed by atoms with Crippen LogP contribution in [-0.4, -0.2) is 47.6 Å². The van der Waals surface area contributed by atoms with E-state index in [1.54, 1.807) is 6.33 Å². The van der Waals surface area contributed by atoms with Crippen molar-refractivity contribution in [1.82, 2.24) is 14.9 Å². The van der Waals surface area contributed by atoms with Gasteiger partial charge < -0.3 is 15.5 Å². The third-order valence-electron chi connectivity index (χ3n) is 4.33. The summed E-state index contributed by atoms with van der Waals surface area (Å²) in [6.07, 6.45) is 6.86. The molecule has 104 valence electrons. The summed E-state index contributed by atoms with van der Waals surface area (Å²) < 4.78 is 0. The Morgan fingerprint density at radius 1 is 1.11 bits per heavy atom. The van der Waals surface area contributed by atoms with Crippen LogP contribution in [-0.2, 0) is 0 Å². The predicted octanol–water partition coefficient (Wildman–Crippen LogP) is 1.37. The molecule has 2 fully saturated rings. The van der Waals surface area contributed by atoms with E-state index in [1.165, 1.54) is 45.3 Å². The minimum atomic E-state index is 0.559. The molecule has 0 amide bonds. The van der Waals surface area contributed by atoms with E-state index in [-0.39, 0.29) is 0 Å². The minimum Gasteiger partial charge on any atom is -0.384 e. The van der Waals surface area contributed by atoms with Crippen molar-refractivity contribution in [3.63, 3.8) is 0 Å². The molecule has 0 aliphatic carbocycles. The van der Waals surface area contributed by atoms with Crippen molar-refractivity contribution in [3.05, 3.63) is 12.4 Å². The fourth-order valence-electron chi connectivity index (χ4n) is 3.21. The van der Waals surface area contributed by atoms with Crippen LogP contribution >= 0.6 is 0 Å². The van der Waals surface area contributed by atoms with Crippen molar-refractivity contribution >= 4 is 11.6 Å². The highest BCUT2D eigenvalue weighted by Gasteiger charge is 2.23. The lowest BCUT2D eigenvalue weighted by Gasteiger charge is -2.34. The van der Waals surface area contributed by atoms with Crippen molar-refractivity contribution in [2.24, 2.45) is 5.92 Å². The number of nitrogens with two attached hydrogens (primary N) is 1. The first kappa shape index (κ1) is 12.7. The van der Waals surface area contributed by atoms with Crippen LogP contribution in [0.15, 0.2) is 12.4 Å². The number of anilines is 2. The Morgan fingerprint density at radius 3 is 2.53 bits per heavy atom. The van der Waals surface area contributed by atoms with Gasteiger partial charge in [-0.2, -0.15) is 0 Å². The van der Waals surface area contributed by atoms with Gasteiger partial charge in [-0.05, 0) is 44.7 Å². The molecule has 0 spiro atoms. The van der Waals surface area contributed by atoms with Gasteiger partial charge in [0.25, 0.3) is 0 Å². The molecule has 0 unspecified atom stereocenters. The topological polar surface area (TPSA) is 58.3 Å². The summed E-state index contributed by atoms with van der Waals surface area (Å²) in [5, 5.41) is 0. The van der Waals surface area contributed by atoms with Crippen LogP contribution in [0.25, 0.3) is 0 Å². The van der Waals surface area contributed by atoms with E-state index in [9.17, 15) is 0 Å². The zero-order valence-corrected chi connectivity index (χ0v) is 11.5. The highest BCUT2D eigenvalue weighted by Crippen LogP contribution is 2.24. The maximum Gasteiger partial charge on any atom is 0.134 e. The van der Waals surface area contributed by atoms with E-state index in [4.69, 9.17) is 5.73 Å². The van der Waals surface area contributed by atoms with Crippen molar-refractivity contribution in [2.45, 2.75) is 25.7 Å². The van der Waals surface area contributed by atoms with E-state index in [0.29, 0.717) is 5.82 Å².